The Bertz CT molecular complexity index is 368. The number of aliphatic hydroxyl groups excluding tert-OH is 1. The molecular weight excluding hydrogens is 232 g/mol. The first-order chi connectivity index (χ1) is 8.26. The van der Waals surface area contributed by atoms with Gasteiger partial charge in [0.1, 0.15) is 0 Å². The third-order valence-corrected chi connectivity index (χ3v) is 3.37. The van der Waals surface area contributed by atoms with Gasteiger partial charge in [-0.1, -0.05) is 5.21 Å². The third-order valence-electron chi connectivity index (χ3n) is 3.37. The molecule has 0 amide bonds. The Labute approximate surface area is 108 Å². The molecule has 0 bridgehead atoms. The summed E-state index contributed by atoms with van der Waals surface area (Å²) in [6.45, 7) is 8.82. The van der Waals surface area contributed by atoms with Gasteiger partial charge in [0.25, 0.3) is 0 Å². The Morgan fingerprint density at radius 1 is 1.33 bits per heavy atom. The molecule has 3 N–H and O–H groups in total. The van der Waals surface area contributed by atoms with Crippen LogP contribution in [-0.4, -0.2) is 43.0 Å². The number of hydrogen-bond donors (Lipinski definition) is 3. The Morgan fingerprint density at radius 2 is 2.00 bits per heavy atom. The second kappa shape index (κ2) is 5.77. The molecule has 0 aliphatic carbocycles. The van der Waals surface area contributed by atoms with Crippen LogP contribution in [0.25, 0.3) is 0 Å². The van der Waals surface area contributed by atoms with Crippen molar-refractivity contribution in [1.29, 1.82) is 0 Å². The predicted molar refractivity (Wildman–Crippen MR) is 68.9 cm³/mol. The van der Waals surface area contributed by atoms with Gasteiger partial charge in [0, 0.05) is 31.4 Å². The molecule has 0 saturated carbocycles. The second-order valence-electron chi connectivity index (χ2n) is 5.59. The molecule has 0 spiro atoms. The van der Waals surface area contributed by atoms with E-state index in [9.17, 15) is 5.11 Å². The van der Waals surface area contributed by atoms with E-state index in [-0.39, 0.29) is 6.61 Å². The first kappa shape index (κ1) is 15.1. The van der Waals surface area contributed by atoms with E-state index in [0.29, 0.717) is 19.5 Å². The molecule has 1 aromatic rings. The molecule has 0 aromatic carbocycles. The van der Waals surface area contributed by atoms with E-state index in [1.807, 2.05) is 20.0 Å². The summed E-state index contributed by atoms with van der Waals surface area (Å²) in [6, 6.07) is 0. The van der Waals surface area contributed by atoms with Crippen molar-refractivity contribution < 1.29 is 10.2 Å². The summed E-state index contributed by atoms with van der Waals surface area (Å²) in [5.74, 6) is 0. The molecule has 0 saturated heterocycles. The van der Waals surface area contributed by atoms with Gasteiger partial charge in [-0.3, -0.25) is 4.68 Å². The normalized spacial score (nSPS) is 13.0. The van der Waals surface area contributed by atoms with Gasteiger partial charge in [-0.2, -0.15) is 0 Å². The van der Waals surface area contributed by atoms with Crippen LogP contribution in [0.3, 0.4) is 0 Å². The van der Waals surface area contributed by atoms with E-state index in [2.05, 4.69) is 15.6 Å². The minimum absolute atomic E-state index is 0.152. The topological polar surface area (TPSA) is 83.2 Å². The van der Waals surface area contributed by atoms with Crippen LogP contribution in [0.4, 0.5) is 0 Å². The summed E-state index contributed by atoms with van der Waals surface area (Å²) in [5.41, 5.74) is -0.410. The Kier molecular flexibility index (Phi) is 4.84. The van der Waals surface area contributed by atoms with Crippen molar-refractivity contribution in [2.24, 2.45) is 0 Å². The highest BCUT2D eigenvalue weighted by atomic mass is 16.3. The highest BCUT2D eigenvalue weighted by Crippen LogP contribution is 2.20. The smallest absolute Gasteiger partial charge is 0.0965 e. The fraction of sp³-hybridized carbons (Fsp3) is 0.833. The van der Waals surface area contributed by atoms with E-state index >= 15 is 0 Å². The quantitative estimate of drug-likeness (QED) is 0.653. The van der Waals surface area contributed by atoms with Crippen molar-refractivity contribution in [1.82, 2.24) is 20.3 Å². The van der Waals surface area contributed by atoms with Crippen molar-refractivity contribution in [3.05, 3.63) is 11.9 Å². The maximum atomic E-state index is 10.0. The van der Waals surface area contributed by atoms with Gasteiger partial charge in [0.05, 0.1) is 11.3 Å². The van der Waals surface area contributed by atoms with Crippen LogP contribution >= 0.6 is 0 Å². The molecule has 1 rings (SSSR count). The van der Waals surface area contributed by atoms with Gasteiger partial charge in [0.15, 0.2) is 0 Å². The van der Waals surface area contributed by atoms with Crippen LogP contribution in [-0.2, 0) is 13.1 Å². The largest absolute Gasteiger partial charge is 0.396 e. The molecule has 6 nitrogen and oxygen atoms in total. The van der Waals surface area contributed by atoms with Gasteiger partial charge in [-0.05, 0) is 34.1 Å². The first-order valence-corrected chi connectivity index (χ1v) is 6.23. The zero-order valence-electron chi connectivity index (χ0n) is 11.6. The van der Waals surface area contributed by atoms with Crippen LogP contribution in [0.15, 0.2) is 6.20 Å². The van der Waals surface area contributed by atoms with E-state index in [4.69, 9.17) is 5.11 Å². The maximum absolute atomic E-state index is 10.0. The molecule has 0 aliphatic heterocycles. The molecule has 0 radical (unpaired) electrons. The number of aromatic nitrogens is 3. The predicted octanol–water partition coefficient (Wildman–Crippen LogP) is 0.300. The van der Waals surface area contributed by atoms with Crippen molar-refractivity contribution in [2.45, 2.75) is 58.3 Å². The van der Waals surface area contributed by atoms with Gasteiger partial charge in [-0.25, -0.2) is 0 Å². The van der Waals surface area contributed by atoms with Gasteiger partial charge in [0.2, 0.25) is 0 Å². The lowest BCUT2D eigenvalue weighted by Gasteiger charge is -2.38. The molecule has 104 valence electrons. The van der Waals surface area contributed by atoms with E-state index in [1.165, 1.54) is 0 Å². The average molecular weight is 256 g/mol. The molecule has 6 heteroatoms. The Hall–Kier alpha value is -0.980. The van der Waals surface area contributed by atoms with Gasteiger partial charge < -0.3 is 15.5 Å². The molecule has 0 aliphatic rings. The van der Waals surface area contributed by atoms with Crippen LogP contribution < -0.4 is 5.32 Å². The zero-order chi connectivity index (χ0) is 13.8. The molecule has 1 aromatic heterocycles. The lowest BCUT2D eigenvalue weighted by Crippen LogP contribution is -2.55. The fourth-order valence-electron chi connectivity index (χ4n) is 1.29. The van der Waals surface area contributed by atoms with Gasteiger partial charge in [-0.15, -0.1) is 5.10 Å². The number of aliphatic hydroxyl groups is 2. The van der Waals surface area contributed by atoms with Crippen LogP contribution in [0.5, 0.6) is 0 Å². The van der Waals surface area contributed by atoms with Crippen molar-refractivity contribution >= 4 is 0 Å². The van der Waals surface area contributed by atoms with Crippen LogP contribution in [0.1, 0.15) is 39.8 Å². The van der Waals surface area contributed by atoms with Crippen LogP contribution in [0, 0.1) is 0 Å². The lowest BCUT2D eigenvalue weighted by atomic mass is 9.86. The minimum atomic E-state index is -0.820. The van der Waals surface area contributed by atoms with Crippen molar-refractivity contribution in [3.63, 3.8) is 0 Å². The van der Waals surface area contributed by atoms with Crippen molar-refractivity contribution in [2.75, 3.05) is 6.61 Å². The number of nitrogens with one attached hydrogen (secondary N) is 1. The highest BCUT2D eigenvalue weighted by molar-refractivity contribution is 4.98. The number of aryl methyl sites for hydroxylation is 1. The summed E-state index contributed by atoms with van der Waals surface area (Å²) in [5, 5.41) is 30.0. The maximum Gasteiger partial charge on any atom is 0.0965 e. The summed E-state index contributed by atoms with van der Waals surface area (Å²) in [6.07, 6.45) is 2.52. The van der Waals surface area contributed by atoms with Gasteiger partial charge >= 0.3 is 0 Å². The van der Waals surface area contributed by atoms with Crippen molar-refractivity contribution in [3.8, 4) is 0 Å². The third kappa shape index (κ3) is 4.04. The monoisotopic (exact) mass is 256 g/mol. The average Bonchev–Trinajstić information content (AvgIpc) is 2.70. The Balaban J connectivity index is 2.51. The first-order valence-electron chi connectivity index (χ1n) is 6.23. The number of nitrogens with zero attached hydrogens (tertiary/aromatic N) is 3. The molecule has 18 heavy (non-hydrogen) atoms. The molecule has 1 heterocycles. The minimum Gasteiger partial charge on any atom is -0.396 e. The SMILES string of the molecule is CC(C)(O)C(C)(C)NCc1cn(CCCO)nn1. The molecule has 0 atom stereocenters. The second-order valence-corrected chi connectivity index (χ2v) is 5.59. The number of rotatable bonds is 7. The number of hydrogen-bond acceptors (Lipinski definition) is 5. The van der Waals surface area contributed by atoms with Crippen LogP contribution in [0.2, 0.25) is 0 Å². The summed E-state index contributed by atoms with van der Waals surface area (Å²) in [7, 11) is 0. The van der Waals surface area contributed by atoms with E-state index in [1.54, 1.807) is 18.5 Å². The zero-order valence-corrected chi connectivity index (χ0v) is 11.6. The molecular formula is C12H24N4O2. The highest BCUT2D eigenvalue weighted by Gasteiger charge is 2.34. The lowest BCUT2D eigenvalue weighted by molar-refractivity contribution is -0.00546. The fourth-order valence-corrected chi connectivity index (χ4v) is 1.29. The summed E-state index contributed by atoms with van der Waals surface area (Å²) in [4.78, 5) is 0. The molecule has 0 unspecified atom stereocenters. The Morgan fingerprint density at radius 3 is 2.56 bits per heavy atom. The van der Waals surface area contributed by atoms with E-state index in [0.717, 1.165) is 5.69 Å². The van der Waals surface area contributed by atoms with E-state index < -0.39 is 11.1 Å². The molecule has 0 fully saturated rings. The summed E-state index contributed by atoms with van der Waals surface area (Å²) < 4.78 is 1.71. The standard InChI is InChI=1S/C12H24N4O2/c1-11(2,12(3,4)18)13-8-10-9-16(15-14-10)6-5-7-17/h9,13,17-18H,5-8H2,1-4H3. The summed E-state index contributed by atoms with van der Waals surface area (Å²) >= 11 is 0.